The first-order chi connectivity index (χ1) is 8.65. The molecule has 2 heterocycles. The highest BCUT2D eigenvalue weighted by Gasteiger charge is 2.22. The molecule has 0 radical (unpaired) electrons. The van der Waals surface area contributed by atoms with Gasteiger partial charge < -0.3 is 10.2 Å². The number of nitrogens with one attached hydrogen (secondary N) is 1. The van der Waals surface area contributed by atoms with E-state index in [4.69, 9.17) is 0 Å². The van der Waals surface area contributed by atoms with Crippen LogP contribution in [0.2, 0.25) is 0 Å². The lowest BCUT2D eigenvalue weighted by molar-refractivity contribution is 0.477. The van der Waals surface area contributed by atoms with Crippen LogP contribution in [0.3, 0.4) is 0 Å². The van der Waals surface area contributed by atoms with Gasteiger partial charge >= 0.3 is 0 Å². The summed E-state index contributed by atoms with van der Waals surface area (Å²) < 4.78 is 0. The lowest BCUT2D eigenvalue weighted by Crippen LogP contribution is -2.28. The summed E-state index contributed by atoms with van der Waals surface area (Å²) in [6.45, 7) is 11.2. The number of nitrogens with zero attached hydrogens (tertiary/aromatic N) is 2. The second-order valence-corrected chi connectivity index (χ2v) is 5.87. The highest BCUT2D eigenvalue weighted by Crippen LogP contribution is 2.23. The lowest BCUT2D eigenvalue weighted by atomic mass is 10.1. The van der Waals surface area contributed by atoms with Crippen LogP contribution in [-0.4, -0.2) is 31.2 Å². The smallest absolute Gasteiger partial charge is 0.0555 e. The Morgan fingerprint density at radius 2 is 2.28 bits per heavy atom. The Balaban J connectivity index is 1.81. The molecule has 0 amide bonds. The monoisotopic (exact) mass is 247 g/mol. The summed E-state index contributed by atoms with van der Waals surface area (Å²) in [5.41, 5.74) is 2.52. The maximum absolute atomic E-state index is 4.28. The Labute approximate surface area is 111 Å². The second-order valence-electron chi connectivity index (χ2n) is 5.87. The van der Waals surface area contributed by atoms with Crippen molar-refractivity contribution in [3.63, 3.8) is 0 Å². The Bertz CT molecular complexity index is 376. The highest BCUT2D eigenvalue weighted by atomic mass is 15.2. The molecule has 1 atom stereocenters. The largest absolute Gasteiger partial charge is 0.370 e. The van der Waals surface area contributed by atoms with Crippen LogP contribution in [0.5, 0.6) is 0 Å². The van der Waals surface area contributed by atoms with E-state index in [1.165, 1.54) is 24.2 Å². The van der Waals surface area contributed by atoms with Crippen molar-refractivity contribution in [1.29, 1.82) is 0 Å². The first-order valence-corrected chi connectivity index (χ1v) is 7.02. The van der Waals surface area contributed by atoms with Crippen molar-refractivity contribution in [3.8, 4) is 0 Å². The van der Waals surface area contributed by atoms with E-state index in [1.54, 1.807) is 0 Å². The summed E-state index contributed by atoms with van der Waals surface area (Å²) in [5.74, 6) is 1.52. The van der Waals surface area contributed by atoms with Crippen molar-refractivity contribution in [2.24, 2.45) is 11.8 Å². The van der Waals surface area contributed by atoms with Gasteiger partial charge in [-0.05, 0) is 49.9 Å². The molecule has 1 N–H and O–H groups in total. The van der Waals surface area contributed by atoms with Crippen molar-refractivity contribution < 1.29 is 0 Å². The van der Waals surface area contributed by atoms with Gasteiger partial charge in [0.1, 0.15) is 0 Å². The van der Waals surface area contributed by atoms with Crippen LogP contribution in [0.25, 0.3) is 0 Å². The van der Waals surface area contributed by atoms with E-state index in [1.807, 2.05) is 12.4 Å². The fourth-order valence-electron chi connectivity index (χ4n) is 2.52. The van der Waals surface area contributed by atoms with Crippen molar-refractivity contribution in [2.75, 3.05) is 31.1 Å². The van der Waals surface area contributed by atoms with E-state index in [-0.39, 0.29) is 0 Å². The van der Waals surface area contributed by atoms with E-state index >= 15 is 0 Å². The number of aryl methyl sites for hydroxylation is 1. The summed E-state index contributed by atoms with van der Waals surface area (Å²) in [4.78, 5) is 6.74. The Kier molecular flexibility index (Phi) is 4.59. The first kappa shape index (κ1) is 13.3. The van der Waals surface area contributed by atoms with Gasteiger partial charge in [0.05, 0.1) is 11.9 Å². The third kappa shape index (κ3) is 3.70. The zero-order chi connectivity index (χ0) is 13.0. The lowest BCUT2D eigenvalue weighted by Gasteiger charge is -2.19. The molecule has 1 aliphatic heterocycles. The SMILES string of the molecule is Cc1cncc(N2CCC(CNCC(C)C)C2)c1. The van der Waals surface area contributed by atoms with Gasteiger partial charge in [0, 0.05) is 19.3 Å². The molecule has 1 aromatic rings. The van der Waals surface area contributed by atoms with Crippen LogP contribution >= 0.6 is 0 Å². The van der Waals surface area contributed by atoms with Gasteiger partial charge in [0.25, 0.3) is 0 Å². The van der Waals surface area contributed by atoms with Gasteiger partial charge in [0.15, 0.2) is 0 Å². The van der Waals surface area contributed by atoms with Crippen LogP contribution in [-0.2, 0) is 0 Å². The molecule has 1 saturated heterocycles. The van der Waals surface area contributed by atoms with Crippen LogP contribution < -0.4 is 10.2 Å². The van der Waals surface area contributed by atoms with E-state index < -0.39 is 0 Å². The molecule has 3 heteroatoms. The molecule has 1 unspecified atom stereocenters. The minimum absolute atomic E-state index is 0.739. The molecular formula is C15H25N3. The number of aromatic nitrogens is 1. The summed E-state index contributed by atoms with van der Waals surface area (Å²) >= 11 is 0. The molecule has 1 aromatic heterocycles. The first-order valence-electron chi connectivity index (χ1n) is 7.02. The summed E-state index contributed by atoms with van der Waals surface area (Å²) in [6, 6.07) is 2.23. The average Bonchev–Trinajstić information content (AvgIpc) is 2.77. The molecule has 0 bridgehead atoms. The Morgan fingerprint density at radius 3 is 3.00 bits per heavy atom. The molecule has 3 nitrogen and oxygen atoms in total. The Hall–Kier alpha value is -1.09. The van der Waals surface area contributed by atoms with Gasteiger partial charge in [-0.25, -0.2) is 0 Å². The maximum atomic E-state index is 4.28. The number of hydrogen-bond acceptors (Lipinski definition) is 3. The van der Waals surface area contributed by atoms with Crippen LogP contribution in [0.4, 0.5) is 5.69 Å². The Morgan fingerprint density at radius 1 is 1.44 bits per heavy atom. The molecular weight excluding hydrogens is 222 g/mol. The summed E-state index contributed by atoms with van der Waals surface area (Å²) in [7, 11) is 0. The minimum atomic E-state index is 0.739. The maximum Gasteiger partial charge on any atom is 0.0555 e. The second kappa shape index (κ2) is 6.19. The topological polar surface area (TPSA) is 28.2 Å². The third-order valence-corrected chi connectivity index (χ3v) is 3.50. The van der Waals surface area contributed by atoms with Crippen LogP contribution in [0.1, 0.15) is 25.8 Å². The summed E-state index contributed by atoms with van der Waals surface area (Å²) in [5, 5.41) is 3.57. The molecule has 2 rings (SSSR count). The van der Waals surface area contributed by atoms with Crippen molar-refractivity contribution >= 4 is 5.69 Å². The number of anilines is 1. The molecule has 100 valence electrons. The predicted molar refractivity (Wildman–Crippen MR) is 77.0 cm³/mol. The molecule has 1 aliphatic rings. The van der Waals surface area contributed by atoms with Gasteiger partial charge in [-0.2, -0.15) is 0 Å². The molecule has 0 aliphatic carbocycles. The molecule has 1 fully saturated rings. The van der Waals surface area contributed by atoms with E-state index in [9.17, 15) is 0 Å². The van der Waals surface area contributed by atoms with Crippen LogP contribution in [0, 0.1) is 18.8 Å². The van der Waals surface area contributed by atoms with Crippen molar-refractivity contribution in [3.05, 3.63) is 24.0 Å². The molecule has 0 aromatic carbocycles. The standard InChI is InChI=1S/C15H25N3/c1-12(2)7-16-9-14-4-5-18(11-14)15-6-13(3)8-17-10-15/h6,8,10,12,14,16H,4-5,7,9,11H2,1-3H3. The van der Waals surface area contributed by atoms with E-state index in [0.29, 0.717) is 0 Å². The zero-order valence-corrected chi connectivity index (χ0v) is 11.8. The van der Waals surface area contributed by atoms with Gasteiger partial charge in [-0.1, -0.05) is 13.8 Å². The highest BCUT2D eigenvalue weighted by molar-refractivity contribution is 5.46. The average molecular weight is 247 g/mol. The van der Waals surface area contributed by atoms with Crippen molar-refractivity contribution in [1.82, 2.24) is 10.3 Å². The van der Waals surface area contributed by atoms with E-state index in [0.717, 1.165) is 31.5 Å². The minimum Gasteiger partial charge on any atom is -0.370 e. The van der Waals surface area contributed by atoms with Crippen LogP contribution in [0.15, 0.2) is 18.5 Å². The fourth-order valence-corrected chi connectivity index (χ4v) is 2.52. The van der Waals surface area contributed by atoms with Crippen molar-refractivity contribution in [2.45, 2.75) is 27.2 Å². The van der Waals surface area contributed by atoms with Gasteiger partial charge in [-0.15, -0.1) is 0 Å². The third-order valence-electron chi connectivity index (χ3n) is 3.50. The number of hydrogen-bond donors (Lipinski definition) is 1. The molecule has 0 spiro atoms. The zero-order valence-electron chi connectivity index (χ0n) is 11.8. The van der Waals surface area contributed by atoms with E-state index in [2.05, 4.69) is 42.0 Å². The predicted octanol–water partition coefficient (Wildman–Crippen LogP) is 2.46. The fraction of sp³-hybridized carbons (Fsp3) is 0.667. The molecule has 18 heavy (non-hydrogen) atoms. The molecule has 0 saturated carbocycles. The van der Waals surface area contributed by atoms with Gasteiger partial charge in [-0.3, -0.25) is 4.98 Å². The number of pyridine rings is 1. The number of rotatable bonds is 5. The normalized spacial score (nSPS) is 19.8. The van der Waals surface area contributed by atoms with Gasteiger partial charge in [0.2, 0.25) is 0 Å². The quantitative estimate of drug-likeness (QED) is 0.866. The summed E-state index contributed by atoms with van der Waals surface area (Å²) in [6.07, 6.45) is 5.19.